The van der Waals surface area contributed by atoms with Crippen LogP contribution < -0.4 is 0 Å². The number of aromatic carboxylic acids is 1. The Labute approximate surface area is 74.8 Å². The monoisotopic (exact) mass is 179 g/mol. The molecule has 1 aromatic rings. The third-order valence-electron chi connectivity index (χ3n) is 1.47. The zero-order chi connectivity index (χ0) is 9.68. The maximum Gasteiger partial charge on any atom is 0.417 e. The number of hydrogen-bond acceptors (Lipinski definition) is 3. The van der Waals surface area contributed by atoms with Gasteiger partial charge in [-0.05, 0) is 17.7 Å². The summed E-state index contributed by atoms with van der Waals surface area (Å²) in [6.07, 6.45) is 0. The van der Waals surface area contributed by atoms with E-state index in [9.17, 15) is 9.59 Å². The van der Waals surface area contributed by atoms with Gasteiger partial charge >= 0.3 is 12.4 Å². The standard InChI is InChI=1S/C9H7O4/c10-6-13-5-7-2-1-3-8(4-7)9(11)12/h1-4H,5H2,(H,11,12). The van der Waals surface area contributed by atoms with Crippen LogP contribution in [0.15, 0.2) is 24.3 Å². The summed E-state index contributed by atoms with van der Waals surface area (Å²) >= 11 is 0. The zero-order valence-corrected chi connectivity index (χ0v) is 6.69. The van der Waals surface area contributed by atoms with E-state index < -0.39 is 5.97 Å². The predicted molar refractivity (Wildman–Crippen MR) is 43.9 cm³/mol. The van der Waals surface area contributed by atoms with Gasteiger partial charge in [-0.3, -0.25) is 0 Å². The van der Waals surface area contributed by atoms with Crippen molar-refractivity contribution in [3.8, 4) is 0 Å². The van der Waals surface area contributed by atoms with E-state index in [1.165, 1.54) is 18.6 Å². The van der Waals surface area contributed by atoms with Crippen LogP contribution in [0.1, 0.15) is 15.9 Å². The summed E-state index contributed by atoms with van der Waals surface area (Å²) in [5.74, 6) is -1.00. The first-order valence-electron chi connectivity index (χ1n) is 3.55. The quantitative estimate of drug-likeness (QED) is 0.747. The molecule has 0 saturated heterocycles. The third-order valence-corrected chi connectivity index (χ3v) is 1.47. The fraction of sp³-hybridized carbons (Fsp3) is 0.111. The molecule has 0 aliphatic carbocycles. The van der Waals surface area contributed by atoms with Crippen molar-refractivity contribution in [1.29, 1.82) is 0 Å². The summed E-state index contributed by atoms with van der Waals surface area (Å²) in [7, 11) is 0. The molecule has 0 fully saturated rings. The molecule has 0 heterocycles. The molecule has 0 bridgehead atoms. The molecule has 0 spiro atoms. The summed E-state index contributed by atoms with van der Waals surface area (Å²) in [5.41, 5.74) is 0.801. The van der Waals surface area contributed by atoms with Gasteiger partial charge in [-0.2, -0.15) is 0 Å². The second-order valence-electron chi connectivity index (χ2n) is 2.38. The second-order valence-corrected chi connectivity index (χ2v) is 2.38. The molecule has 1 rings (SSSR count). The fourth-order valence-electron chi connectivity index (χ4n) is 0.907. The summed E-state index contributed by atoms with van der Waals surface area (Å²) in [4.78, 5) is 20.2. The first kappa shape index (κ1) is 9.25. The second kappa shape index (κ2) is 4.25. The van der Waals surface area contributed by atoms with E-state index >= 15 is 0 Å². The molecule has 0 aliphatic rings. The molecule has 1 aromatic carbocycles. The van der Waals surface area contributed by atoms with Crippen LogP contribution in [0, 0.1) is 0 Å². The Bertz CT molecular complexity index is 319. The Morgan fingerprint density at radius 2 is 2.31 bits per heavy atom. The molecular weight excluding hydrogens is 172 g/mol. The number of rotatable bonds is 4. The van der Waals surface area contributed by atoms with Crippen LogP contribution in [-0.4, -0.2) is 17.5 Å². The van der Waals surface area contributed by atoms with E-state index in [1.54, 1.807) is 12.1 Å². The molecule has 0 aliphatic heterocycles. The number of carbonyl (C=O) groups is 1. The zero-order valence-electron chi connectivity index (χ0n) is 6.69. The number of carbonyl (C=O) groups excluding carboxylic acids is 1. The number of ether oxygens (including phenoxy) is 1. The van der Waals surface area contributed by atoms with Crippen molar-refractivity contribution in [2.45, 2.75) is 6.61 Å². The average molecular weight is 179 g/mol. The fourth-order valence-corrected chi connectivity index (χ4v) is 0.907. The maximum absolute atomic E-state index is 10.5. The highest BCUT2D eigenvalue weighted by Gasteiger charge is 2.02. The molecule has 0 unspecified atom stereocenters. The van der Waals surface area contributed by atoms with Crippen molar-refractivity contribution in [1.82, 2.24) is 0 Å². The van der Waals surface area contributed by atoms with E-state index in [4.69, 9.17) is 5.11 Å². The van der Waals surface area contributed by atoms with Crippen LogP contribution in [-0.2, 0) is 16.1 Å². The maximum atomic E-state index is 10.5. The lowest BCUT2D eigenvalue weighted by Crippen LogP contribution is -1.98. The smallest absolute Gasteiger partial charge is 0.417 e. The topological polar surface area (TPSA) is 63.6 Å². The lowest BCUT2D eigenvalue weighted by molar-refractivity contribution is 0.0696. The van der Waals surface area contributed by atoms with Gasteiger partial charge in [-0.15, -0.1) is 0 Å². The third kappa shape index (κ3) is 2.59. The summed E-state index contributed by atoms with van der Waals surface area (Å²) in [6.45, 7) is 1.31. The number of carboxylic acids is 1. The Morgan fingerprint density at radius 3 is 2.92 bits per heavy atom. The van der Waals surface area contributed by atoms with Gasteiger partial charge in [0, 0.05) is 0 Å². The minimum absolute atomic E-state index is 0.0462. The summed E-state index contributed by atoms with van der Waals surface area (Å²) in [6, 6.07) is 6.17. The molecule has 1 N–H and O–H groups in total. The minimum atomic E-state index is -1.00. The van der Waals surface area contributed by atoms with Gasteiger partial charge in [0.15, 0.2) is 0 Å². The first-order chi connectivity index (χ1) is 6.24. The Hall–Kier alpha value is -1.84. The summed E-state index contributed by atoms with van der Waals surface area (Å²) in [5, 5.41) is 8.62. The van der Waals surface area contributed by atoms with Crippen molar-refractivity contribution < 1.29 is 19.4 Å². The molecule has 0 atom stereocenters. The molecule has 1 radical (unpaired) electrons. The highest BCUT2D eigenvalue weighted by molar-refractivity contribution is 5.87. The van der Waals surface area contributed by atoms with Crippen LogP contribution >= 0.6 is 0 Å². The van der Waals surface area contributed by atoms with E-state index in [1.807, 2.05) is 0 Å². The van der Waals surface area contributed by atoms with E-state index in [0.717, 1.165) is 0 Å². The molecule has 13 heavy (non-hydrogen) atoms. The molecule has 4 heteroatoms. The number of carboxylic acid groups (broad SMARTS) is 1. The van der Waals surface area contributed by atoms with Gasteiger partial charge in [0.2, 0.25) is 0 Å². The molecule has 0 aromatic heterocycles. The Kier molecular flexibility index (Phi) is 3.03. The first-order valence-corrected chi connectivity index (χ1v) is 3.55. The van der Waals surface area contributed by atoms with Crippen LogP contribution in [0.2, 0.25) is 0 Å². The van der Waals surface area contributed by atoms with Gasteiger partial charge < -0.3 is 9.84 Å². The van der Waals surface area contributed by atoms with Crippen LogP contribution in [0.4, 0.5) is 0 Å². The van der Waals surface area contributed by atoms with Crippen LogP contribution in [0.5, 0.6) is 0 Å². The lowest BCUT2D eigenvalue weighted by atomic mass is 10.1. The lowest BCUT2D eigenvalue weighted by Gasteiger charge is -1.99. The van der Waals surface area contributed by atoms with Gasteiger partial charge in [-0.1, -0.05) is 12.1 Å². The van der Waals surface area contributed by atoms with Crippen molar-refractivity contribution in [2.75, 3.05) is 0 Å². The molecule has 67 valence electrons. The molecular formula is C9H7O4. The molecule has 0 saturated carbocycles. The molecule has 4 nitrogen and oxygen atoms in total. The van der Waals surface area contributed by atoms with Gasteiger partial charge in [-0.25, -0.2) is 9.59 Å². The largest absolute Gasteiger partial charge is 0.478 e. The van der Waals surface area contributed by atoms with Gasteiger partial charge in [0.05, 0.1) is 5.56 Å². The SMILES string of the molecule is O=[C]OCc1cccc(C(=O)O)c1. The summed E-state index contributed by atoms with van der Waals surface area (Å²) < 4.78 is 4.36. The number of hydrogen-bond donors (Lipinski definition) is 1. The van der Waals surface area contributed by atoms with E-state index in [0.29, 0.717) is 5.56 Å². The van der Waals surface area contributed by atoms with Crippen molar-refractivity contribution in [2.24, 2.45) is 0 Å². The number of benzene rings is 1. The van der Waals surface area contributed by atoms with Crippen molar-refractivity contribution in [3.05, 3.63) is 35.4 Å². The minimum Gasteiger partial charge on any atom is -0.478 e. The van der Waals surface area contributed by atoms with Crippen LogP contribution in [0.25, 0.3) is 0 Å². The average Bonchev–Trinajstić information content (AvgIpc) is 2.15. The Balaban J connectivity index is 2.79. The highest BCUT2D eigenvalue weighted by Crippen LogP contribution is 2.05. The van der Waals surface area contributed by atoms with E-state index in [2.05, 4.69) is 4.74 Å². The van der Waals surface area contributed by atoms with E-state index in [-0.39, 0.29) is 12.2 Å². The van der Waals surface area contributed by atoms with Crippen LogP contribution in [0.3, 0.4) is 0 Å². The van der Waals surface area contributed by atoms with Crippen molar-refractivity contribution >= 4 is 12.4 Å². The normalized spacial score (nSPS) is 9.23. The Morgan fingerprint density at radius 1 is 1.54 bits per heavy atom. The van der Waals surface area contributed by atoms with Crippen molar-refractivity contribution in [3.63, 3.8) is 0 Å². The van der Waals surface area contributed by atoms with Gasteiger partial charge in [0.1, 0.15) is 6.61 Å². The van der Waals surface area contributed by atoms with Gasteiger partial charge in [0.25, 0.3) is 0 Å². The predicted octanol–water partition coefficient (Wildman–Crippen LogP) is 0.969. The highest BCUT2D eigenvalue weighted by atomic mass is 16.5. The molecule has 0 amide bonds.